The molecule has 0 aliphatic carbocycles. The van der Waals surface area contributed by atoms with Crippen LogP contribution in [0.4, 0.5) is 10.0 Å². The molecule has 0 atom stereocenters. The molecule has 3 heterocycles. The summed E-state index contributed by atoms with van der Waals surface area (Å²) in [6.07, 6.45) is 0. The Kier molecular flexibility index (Phi) is 4.36. The zero-order valence-corrected chi connectivity index (χ0v) is 17.8. The molecule has 1 aliphatic rings. The summed E-state index contributed by atoms with van der Waals surface area (Å²) in [5.41, 5.74) is 1.20. The van der Waals surface area contributed by atoms with E-state index in [2.05, 4.69) is 77.7 Å². The standard InChI is InChI=1S/C25H19NO2S2/c1-3-7-22-18(5-1)14-24(29-22)26(25-15-19-6-2-4-8-23(19)30-25)16-17-9-10-20-21(13-17)28-12-11-27-20/h1-10,13-15H,11-12,16H2. The summed E-state index contributed by atoms with van der Waals surface area (Å²) in [4.78, 5) is 2.42. The lowest BCUT2D eigenvalue weighted by atomic mass is 10.1. The minimum Gasteiger partial charge on any atom is -0.486 e. The van der Waals surface area contributed by atoms with Gasteiger partial charge in [0.25, 0.3) is 0 Å². The van der Waals surface area contributed by atoms with Gasteiger partial charge in [0, 0.05) is 15.9 Å². The highest BCUT2D eigenvalue weighted by molar-refractivity contribution is 7.25. The van der Waals surface area contributed by atoms with E-state index in [1.165, 1.54) is 35.7 Å². The van der Waals surface area contributed by atoms with Crippen molar-refractivity contribution < 1.29 is 9.47 Å². The molecule has 5 aromatic rings. The summed E-state index contributed by atoms with van der Waals surface area (Å²) in [5, 5.41) is 5.06. The summed E-state index contributed by atoms with van der Waals surface area (Å²) in [6, 6.07) is 28.0. The Bertz CT molecular complexity index is 1210. The Labute approximate surface area is 182 Å². The molecular formula is C25H19NO2S2. The van der Waals surface area contributed by atoms with Gasteiger partial charge in [0.1, 0.15) is 13.2 Å². The lowest BCUT2D eigenvalue weighted by molar-refractivity contribution is 0.171. The second-order valence-corrected chi connectivity index (χ2v) is 9.43. The maximum absolute atomic E-state index is 5.81. The van der Waals surface area contributed by atoms with E-state index in [0.29, 0.717) is 13.2 Å². The van der Waals surface area contributed by atoms with Crippen molar-refractivity contribution in [2.24, 2.45) is 0 Å². The molecule has 5 heteroatoms. The van der Waals surface area contributed by atoms with E-state index < -0.39 is 0 Å². The summed E-state index contributed by atoms with van der Waals surface area (Å²) < 4.78 is 14.1. The minimum absolute atomic E-state index is 0.604. The first-order valence-electron chi connectivity index (χ1n) is 9.97. The summed E-state index contributed by atoms with van der Waals surface area (Å²) in [7, 11) is 0. The number of hydrogen-bond acceptors (Lipinski definition) is 5. The van der Waals surface area contributed by atoms with Gasteiger partial charge in [-0.05, 0) is 52.7 Å². The molecule has 0 radical (unpaired) electrons. The Morgan fingerprint density at radius 3 is 1.90 bits per heavy atom. The Morgan fingerprint density at radius 2 is 1.27 bits per heavy atom. The molecule has 6 rings (SSSR count). The number of benzene rings is 3. The van der Waals surface area contributed by atoms with Crippen LogP contribution in [0.25, 0.3) is 20.2 Å². The molecule has 3 nitrogen and oxygen atoms in total. The average molecular weight is 430 g/mol. The van der Waals surface area contributed by atoms with Crippen molar-refractivity contribution in [2.45, 2.75) is 6.54 Å². The fourth-order valence-electron chi connectivity index (χ4n) is 3.83. The van der Waals surface area contributed by atoms with Crippen LogP contribution in [-0.2, 0) is 6.54 Å². The molecule has 3 aromatic carbocycles. The number of thiophene rings is 2. The Morgan fingerprint density at radius 1 is 0.667 bits per heavy atom. The first kappa shape index (κ1) is 17.8. The van der Waals surface area contributed by atoms with Gasteiger partial charge in [-0.1, -0.05) is 42.5 Å². The SMILES string of the molecule is c1ccc2sc(N(Cc3ccc4c(c3)OCCO4)c3cc4ccccc4s3)cc2c1. The van der Waals surface area contributed by atoms with Gasteiger partial charge in [0.2, 0.25) is 0 Å². The quantitative estimate of drug-likeness (QED) is 0.301. The minimum atomic E-state index is 0.604. The largest absolute Gasteiger partial charge is 0.486 e. The van der Waals surface area contributed by atoms with Crippen molar-refractivity contribution >= 4 is 52.8 Å². The molecule has 0 amide bonds. The van der Waals surface area contributed by atoms with Crippen molar-refractivity contribution in [3.63, 3.8) is 0 Å². The monoisotopic (exact) mass is 429 g/mol. The number of anilines is 2. The van der Waals surface area contributed by atoms with Crippen molar-refractivity contribution in [1.29, 1.82) is 0 Å². The fourth-order valence-corrected chi connectivity index (χ4v) is 6.04. The van der Waals surface area contributed by atoms with Gasteiger partial charge < -0.3 is 14.4 Å². The maximum atomic E-state index is 5.81. The van der Waals surface area contributed by atoms with E-state index in [0.717, 1.165) is 18.0 Å². The van der Waals surface area contributed by atoms with Crippen molar-refractivity contribution in [3.05, 3.63) is 84.4 Å². The zero-order valence-electron chi connectivity index (χ0n) is 16.2. The molecule has 0 saturated carbocycles. The van der Waals surface area contributed by atoms with Gasteiger partial charge in [-0.3, -0.25) is 0 Å². The van der Waals surface area contributed by atoms with Crippen LogP contribution in [0.5, 0.6) is 11.5 Å². The highest BCUT2D eigenvalue weighted by Gasteiger charge is 2.18. The van der Waals surface area contributed by atoms with Crippen LogP contribution in [0.1, 0.15) is 5.56 Å². The third-order valence-corrected chi connectivity index (χ3v) is 7.58. The molecule has 148 valence electrons. The molecule has 0 unspecified atom stereocenters. The first-order chi connectivity index (χ1) is 14.8. The van der Waals surface area contributed by atoms with Gasteiger partial charge in [-0.25, -0.2) is 0 Å². The zero-order chi connectivity index (χ0) is 19.9. The summed E-state index contributed by atoms with van der Waals surface area (Å²) in [6.45, 7) is 1.99. The number of hydrogen-bond donors (Lipinski definition) is 0. The second kappa shape index (κ2) is 7.35. The Hall–Kier alpha value is -3.02. The molecule has 0 fully saturated rings. The number of ether oxygens (including phenoxy) is 2. The van der Waals surface area contributed by atoms with E-state index in [1.54, 1.807) is 0 Å². The predicted molar refractivity (Wildman–Crippen MR) is 127 cm³/mol. The normalized spacial score (nSPS) is 13.1. The lowest BCUT2D eigenvalue weighted by Crippen LogP contribution is -2.17. The molecule has 1 aliphatic heterocycles. The van der Waals surface area contributed by atoms with E-state index in [-0.39, 0.29) is 0 Å². The highest BCUT2D eigenvalue weighted by atomic mass is 32.1. The van der Waals surface area contributed by atoms with Crippen molar-refractivity contribution in [2.75, 3.05) is 18.1 Å². The van der Waals surface area contributed by atoms with Crippen LogP contribution >= 0.6 is 22.7 Å². The number of fused-ring (bicyclic) bond motifs is 3. The molecule has 0 saturated heterocycles. The molecular weight excluding hydrogens is 410 g/mol. The molecule has 0 N–H and O–H groups in total. The summed E-state index contributed by atoms with van der Waals surface area (Å²) in [5.74, 6) is 1.67. The fraction of sp³-hybridized carbons (Fsp3) is 0.120. The van der Waals surface area contributed by atoms with E-state index >= 15 is 0 Å². The third kappa shape index (κ3) is 3.20. The average Bonchev–Trinajstić information content (AvgIpc) is 3.41. The van der Waals surface area contributed by atoms with Crippen LogP contribution < -0.4 is 14.4 Å². The predicted octanol–water partition coefficient (Wildman–Crippen LogP) is 7.23. The summed E-state index contributed by atoms with van der Waals surface area (Å²) >= 11 is 3.67. The van der Waals surface area contributed by atoms with E-state index in [9.17, 15) is 0 Å². The lowest BCUT2D eigenvalue weighted by Gasteiger charge is -2.23. The van der Waals surface area contributed by atoms with Crippen LogP contribution in [0.15, 0.2) is 78.9 Å². The third-order valence-electron chi connectivity index (χ3n) is 5.30. The van der Waals surface area contributed by atoms with Gasteiger partial charge in [0.05, 0.1) is 10.0 Å². The van der Waals surface area contributed by atoms with Gasteiger partial charge in [0.15, 0.2) is 11.5 Å². The molecule has 0 spiro atoms. The van der Waals surface area contributed by atoms with Crippen LogP contribution in [0.3, 0.4) is 0 Å². The molecule has 30 heavy (non-hydrogen) atoms. The van der Waals surface area contributed by atoms with E-state index in [4.69, 9.17) is 9.47 Å². The smallest absolute Gasteiger partial charge is 0.161 e. The number of rotatable bonds is 4. The van der Waals surface area contributed by atoms with Crippen LogP contribution in [0, 0.1) is 0 Å². The topological polar surface area (TPSA) is 21.7 Å². The van der Waals surface area contributed by atoms with Gasteiger partial charge in [-0.15, -0.1) is 22.7 Å². The number of nitrogens with zero attached hydrogens (tertiary/aromatic N) is 1. The van der Waals surface area contributed by atoms with E-state index in [1.807, 2.05) is 28.7 Å². The van der Waals surface area contributed by atoms with Crippen molar-refractivity contribution in [3.8, 4) is 11.5 Å². The van der Waals surface area contributed by atoms with Gasteiger partial charge in [-0.2, -0.15) is 0 Å². The molecule has 2 aromatic heterocycles. The van der Waals surface area contributed by atoms with Crippen molar-refractivity contribution in [1.82, 2.24) is 0 Å². The highest BCUT2D eigenvalue weighted by Crippen LogP contribution is 2.42. The Balaban J connectivity index is 1.44. The molecule has 0 bridgehead atoms. The second-order valence-electron chi connectivity index (χ2n) is 7.31. The van der Waals surface area contributed by atoms with Gasteiger partial charge >= 0.3 is 0 Å². The van der Waals surface area contributed by atoms with Crippen LogP contribution in [-0.4, -0.2) is 13.2 Å². The maximum Gasteiger partial charge on any atom is 0.161 e. The van der Waals surface area contributed by atoms with Crippen LogP contribution in [0.2, 0.25) is 0 Å². The first-order valence-corrected chi connectivity index (χ1v) is 11.6.